The molecule has 0 radical (unpaired) electrons. The molecular weight excluding hydrogens is 346 g/mol. The van der Waals surface area contributed by atoms with Gasteiger partial charge in [0.2, 0.25) is 10.0 Å². The molecule has 1 aliphatic rings. The highest BCUT2D eigenvalue weighted by Gasteiger charge is 2.29. The zero-order valence-corrected chi connectivity index (χ0v) is 15.4. The van der Waals surface area contributed by atoms with Crippen LogP contribution in [0.1, 0.15) is 31.2 Å². The number of fused-ring (bicyclic) bond motifs is 1. The van der Waals surface area contributed by atoms with Gasteiger partial charge in [0.1, 0.15) is 4.90 Å². The van der Waals surface area contributed by atoms with Gasteiger partial charge in [-0.15, -0.1) is 12.4 Å². The van der Waals surface area contributed by atoms with Gasteiger partial charge in [-0.1, -0.05) is 25.0 Å². The average molecular weight is 370 g/mol. The molecule has 7 heteroatoms. The highest BCUT2D eigenvalue weighted by atomic mass is 35.5. The molecule has 1 saturated carbocycles. The molecule has 1 aliphatic carbocycles. The number of nitrogens with two attached hydrogens (primary N) is 1. The van der Waals surface area contributed by atoms with E-state index in [1.807, 2.05) is 19.1 Å². The topological polar surface area (TPSA) is 85.1 Å². The first-order valence-electron chi connectivity index (χ1n) is 8.09. The Hall–Kier alpha value is -1.21. The van der Waals surface area contributed by atoms with Crippen LogP contribution in [0.2, 0.25) is 0 Å². The molecule has 1 atom stereocenters. The Balaban J connectivity index is 0.00000208. The molecule has 0 amide bonds. The number of para-hydroxylation sites is 1. The zero-order valence-electron chi connectivity index (χ0n) is 13.7. The van der Waals surface area contributed by atoms with Crippen molar-refractivity contribution in [2.75, 3.05) is 6.54 Å². The number of aryl methyl sites for hydroxylation is 1. The van der Waals surface area contributed by atoms with Gasteiger partial charge in [-0.3, -0.25) is 4.98 Å². The summed E-state index contributed by atoms with van der Waals surface area (Å²) in [6.45, 7) is 2.26. The van der Waals surface area contributed by atoms with Crippen molar-refractivity contribution in [3.63, 3.8) is 0 Å². The van der Waals surface area contributed by atoms with Crippen LogP contribution in [0.3, 0.4) is 0 Å². The van der Waals surface area contributed by atoms with Crippen LogP contribution in [-0.2, 0) is 10.0 Å². The van der Waals surface area contributed by atoms with Crippen molar-refractivity contribution in [3.05, 3.63) is 36.0 Å². The molecule has 3 rings (SSSR count). The Bertz CT molecular complexity index is 805. The summed E-state index contributed by atoms with van der Waals surface area (Å²) < 4.78 is 28.5. The van der Waals surface area contributed by atoms with Gasteiger partial charge in [-0.2, -0.15) is 0 Å². The summed E-state index contributed by atoms with van der Waals surface area (Å²) in [4.78, 5) is 4.56. The van der Waals surface area contributed by atoms with Crippen molar-refractivity contribution in [1.29, 1.82) is 0 Å². The number of pyridine rings is 1. The molecule has 0 spiro atoms. The van der Waals surface area contributed by atoms with E-state index in [1.165, 1.54) is 0 Å². The van der Waals surface area contributed by atoms with Crippen LogP contribution < -0.4 is 10.5 Å². The van der Waals surface area contributed by atoms with Crippen LogP contribution in [0.4, 0.5) is 0 Å². The first-order chi connectivity index (χ1) is 11.0. The molecule has 1 aromatic carbocycles. The molecule has 132 valence electrons. The lowest BCUT2D eigenvalue weighted by Gasteiger charge is -2.23. The molecule has 1 fully saturated rings. The van der Waals surface area contributed by atoms with Crippen LogP contribution >= 0.6 is 12.4 Å². The SMILES string of the molecule is Cc1cnc2c(S(=O)(=O)NC(CN)C3CCCC3)cccc2c1.Cl. The predicted octanol–water partition coefficient (Wildman–Crippen LogP) is 2.76. The summed E-state index contributed by atoms with van der Waals surface area (Å²) in [6, 6.07) is 6.98. The van der Waals surface area contributed by atoms with Gasteiger partial charge in [-0.25, -0.2) is 13.1 Å². The lowest BCUT2D eigenvalue weighted by Crippen LogP contribution is -2.44. The van der Waals surface area contributed by atoms with Crippen LogP contribution in [0, 0.1) is 12.8 Å². The molecule has 0 saturated heterocycles. The van der Waals surface area contributed by atoms with E-state index in [9.17, 15) is 8.42 Å². The first kappa shape index (κ1) is 19.1. The smallest absolute Gasteiger partial charge is 0.243 e. The lowest BCUT2D eigenvalue weighted by atomic mass is 9.99. The second-order valence-electron chi connectivity index (χ2n) is 6.35. The van der Waals surface area contributed by atoms with Gasteiger partial charge in [0.25, 0.3) is 0 Å². The molecule has 2 aromatic rings. The zero-order chi connectivity index (χ0) is 16.4. The second kappa shape index (κ2) is 7.78. The van der Waals surface area contributed by atoms with Gasteiger partial charge in [-0.05, 0) is 43.4 Å². The van der Waals surface area contributed by atoms with Crippen molar-refractivity contribution in [2.45, 2.75) is 43.5 Å². The Morgan fingerprint density at radius 2 is 2.04 bits per heavy atom. The fourth-order valence-corrected chi connectivity index (χ4v) is 4.92. The van der Waals surface area contributed by atoms with Crippen LogP contribution in [0.15, 0.2) is 35.4 Å². The molecule has 24 heavy (non-hydrogen) atoms. The highest BCUT2D eigenvalue weighted by molar-refractivity contribution is 7.89. The molecule has 5 nitrogen and oxygen atoms in total. The third kappa shape index (κ3) is 3.88. The molecule has 1 unspecified atom stereocenters. The molecule has 1 aromatic heterocycles. The molecular formula is C17H24ClN3O2S. The van der Waals surface area contributed by atoms with Crippen LogP contribution in [0.25, 0.3) is 10.9 Å². The summed E-state index contributed by atoms with van der Waals surface area (Å²) in [6.07, 6.45) is 6.07. The molecule has 1 heterocycles. The van der Waals surface area contributed by atoms with E-state index >= 15 is 0 Å². The number of nitrogens with one attached hydrogen (secondary N) is 1. The number of sulfonamides is 1. The Labute approximate surface area is 149 Å². The monoisotopic (exact) mass is 369 g/mol. The maximum absolute atomic E-state index is 12.9. The minimum Gasteiger partial charge on any atom is -0.329 e. The van der Waals surface area contributed by atoms with Crippen molar-refractivity contribution in [3.8, 4) is 0 Å². The maximum Gasteiger partial charge on any atom is 0.243 e. The third-order valence-electron chi connectivity index (χ3n) is 4.63. The Kier molecular flexibility index (Phi) is 6.20. The number of benzene rings is 1. The van der Waals surface area contributed by atoms with Crippen LogP contribution in [-0.4, -0.2) is 26.0 Å². The third-order valence-corrected chi connectivity index (χ3v) is 6.15. The van der Waals surface area contributed by atoms with Crippen molar-refractivity contribution < 1.29 is 8.42 Å². The van der Waals surface area contributed by atoms with Crippen molar-refractivity contribution in [2.24, 2.45) is 11.7 Å². The Morgan fingerprint density at radius 1 is 1.33 bits per heavy atom. The Morgan fingerprint density at radius 3 is 2.71 bits per heavy atom. The van der Waals surface area contributed by atoms with Gasteiger partial charge < -0.3 is 5.73 Å². The normalized spacial score (nSPS) is 16.9. The molecule has 3 N–H and O–H groups in total. The summed E-state index contributed by atoms with van der Waals surface area (Å²) in [5.41, 5.74) is 7.34. The predicted molar refractivity (Wildman–Crippen MR) is 98.8 cm³/mol. The minimum absolute atomic E-state index is 0. The van der Waals surface area contributed by atoms with E-state index in [4.69, 9.17) is 5.73 Å². The summed E-state index contributed by atoms with van der Waals surface area (Å²) in [5.74, 6) is 0.333. The second-order valence-corrected chi connectivity index (χ2v) is 8.03. The minimum atomic E-state index is -3.64. The number of hydrogen-bond acceptors (Lipinski definition) is 4. The largest absolute Gasteiger partial charge is 0.329 e. The van der Waals surface area contributed by atoms with Gasteiger partial charge >= 0.3 is 0 Å². The van der Waals surface area contributed by atoms with E-state index < -0.39 is 10.0 Å². The summed E-state index contributed by atoms with van der Waals surface area (Å²) in [7, 11) is -3.64. The lowest BCUT2D eigenvalue weighted by molar-refractivity contribution is 0.406. The average Bonchev–Trinajstić information content (AvgIpc) is 3.06. The number of hydrogen-bond donors (Lipinski definition) is 2. The van der Waals surface area contributed by atoms with E-state index in [-0.39, 0.29) is 23.3 Å². The van der Waals surface area contributed by atoms with Gasteiger partial charge in [0.05, 0.1) is 5.52 Å². The maximum atomic E-state index is 12.9. The molecule has 0 aliphatic heterocycles. The standard InChI is InChI=1S/C17H23N3O2S.ClH/c1-12-9-14-7-4-8-16(17(14)19-11-12)23(21,22)20-15(10-18)13-5-2-3-6-13;/h4,7-9,11,13,15,20H,2-3,5-6,10,18H2,1H3;1H. The quantitative estimate of drug-likeness (QED) is 0.848. The van der Waals surface area contributed by atoms with E-state index in [0.29, 0.717) is 18.0 Å². The van der Waals surface area contributed by atoms with Crippen molar-refractivity contribution >= 4 is 33.3 Å². The highest BCUT2D eigenvalue weighted by Crippen LogP contribution is 2.29. The summed E-state index contributed by atoms with van der Waals surface area (Å²) >= 11 is 0. The van der Waals surface area contributed by atoms with E-state index in [1.54, 1.807) is 18.3 Å². The number of rotatable bonds is 5. The number of nitrogens with zero attached hydrogens (tertiary/aromatic N) is 1. The van der Waals surface area contributed by atoms with Gasteiger partial charge in [0, 0.05) is 24.2 Å². The van der Waals surface area contributed by atoms with Gasteiger partial charge in [0.15, 0.2) is 0 Å². The molecule has 0 bridgehead atoms. The summed E-state index contributed by atoms with van der Waals surface area (Å²) in [5, 5.41) is 0.832. The fraction of sp³-hybridized carbons (Fsp3) is 0.471. The van der Waals surface area contributed by atoms with Crippen LogP contribution in [0.5, 0.6) is 0 Å². The van der Waals surface area contributed by atoms with Crippen molar-refractivity contribution in [1.82, 2.24) is 9.71 Å². The number of aromatic nitrogens is 1. The fourth-order valence-electron chi connectivity index (χ4n) is 3.42. The van der Waals surface area contributed by atoms with E-state index in [0.717, 1.165) is 36.6 Å². The van der Waals surface area contributed by atoms with E-state index in [2.05, 4.69) is 9.71 Å². The first-order valence-corrected chi connectivity index (χ1v) is 9.57. The number of halogens is 1.